The smallest absolute Gasteiger partial charge is 0.194 e. The number of aliphatic hydroxyl groups excluding tert-OH is 1. The minimum Gasteiger partial charge on any atom is -0.493 e. The number of aliphatic hydroxyl groups is 1. The van der Waals surface area contributed by atoms with Gasteiger partial charge >= 0.3 is 0 Å². The molecule has 1 aromatic rings. The van der Waals surface area contributed by atoms with Crippen molar-refractivity contribution in [1.82, 2.24) is 10.2 Å². The Kier molecular flexibility index (Phi) is 9.31. The van der Waals surface area contributed by atoms with Crippen molar-refractivity contribution in [3.63, 3.8) is 0 Å². The van der Waals surface area contributed by atoms with Crippen LogP contribution in [-0.2, 0) is 0 Å². The van der Waals surface area contributed by atoms with Gasteiger partial charge in [-0.3, -0.25) is 4.99 Å². The summed E-state index contributed by atoms with van der Waals surface area (Å²) >= 11 is 0. The molecule has 130 valence electrons. The minimum absolute atomic E-state index is 0. The van der Waals surface area contributed by atoms with Crippen molar-refractivity contribution in [2.75, 3.05) is 32.8 Å². The van der Waals surface area contributed by atoms with Gasteiger partial charge in [0.1, 0.15) is 5.75 Å². The van der Waals surface area contributed by atoms with Gasteiger partial charge in [0.25, 0.3) is 0 Å². The summed E-state index contributed by atoms with van der Waals surface area (Å²) in [6.45, 7) is 7.87. The summed E-state index contributed by atoms with van der Waals surface area (Å²) in [6.07, 6.45) is 1.47. The molecule has 0 saturated carbocycles. The lowest BCUT2D eigenvalue weighted by Gasteiger charge is -2.20. The molecule has 0 unspecified atom stereocenters. The number of hydrogen-bond acceptors (Lipinski definition) is 3. The maximum atomic E-state index is 9.63. The number of para-hydroxylation sites is 1. The number of ether oxygens (including phenoxy) is 1. The normalized spacial score (nSPS) is 17.8. The molecule has 0 aromatic heterocycles. The van der Waals surface area contributed by atoms with E-state index in [-0.39, 0.29) is 30.1 Å². The van der Waals surface area contributed by atoms with Gasteiger partial charge in [-0.2, -0.15) is 0 Å². The quantitative estimate of drug-likeness (QED) is 0.313. The Morgan fingerprint density at radius 2 is 2.22 bits per heavy atom. The lowest BCUT2D eigenvalue weighted by atomic mass is 10.2. The number of guanidine groups is 1. The minimum atomic E-state index is -0.228. The van der Waals surface area contributed by atoms with Gasteiger partial charge in [0, 0.05) is 32.6 Å². The zero-order valence-electron chi connectivity index (χ0n) is 14.0. The zero-order chi connectivity index (χ0) is 15.8. The number of nitrogens with one attached hydrogen (secondary N) is 1. The summed E-state index contributed by atoms with van der Waals surface area (Å²) in [4.78, 5) is 6.75. The molecule has 0 bridgehead atoms. The molecular formula is C17H28IN3O2. The van der Waals surface area contributed by atoms with Crippen LogP contribution in [-0.4, -0.2) is 54.9 Å². The van der Waals surface area contributed by atoms with Gasteiger partial charge in [0.15, 0.2) is 5.96 Å². The van der Waals surface area contributed by atoms with E-state index in [1.165, 1.54) is 0 Å². The zero-order valence-corrected chi connectivity index (χ0v) is 16.3. The van der Waals surface area contributed by atoms with Crippen molar-refractivity contribution in [2.24, 2.45) is 4.99 Å². The van der Waals surface area contributed by atoms with Crippen LogP contribution in [0.4, 0.5) is 0 Å². The third-order valence-corrected chi connectivity index (χ3v) is 3.71. The Morgan fingerprint density at radius 1 is 1.43 bits per heavy atom. The number of aliphatic imine (C=N–C) groups is 1. The Morgan fingerprint density at radius 3 is 2.87 bits per heavy atom. The molecular weight excluding hydrogens is 405 g/mol. The summed E-state index contributed by atoms with van der Waals surface area (Å²) < 4.78 is 5.78. The fraction of sp³-hybridized carbons (Fsp3) is 0.588. The molecule has 1 fully saturated rings. The number of rotatable bonds is 6. The molecule has 1 heterocycles. The lowest BCUT2D eigenvalue weighted by Crippen LogP contribution is -2.40. The van der Waals surface area contributed by atoms with E-state index in [1.54, 1.807) is 0 Å². The second kappa shape index (κ2) is 10.7. The predicted octanol–water partition coefficient (Wildman–Crippen LogP) is 2.41. The Hall–Kier alpha value is -1.02. The first-order valence-corrected chi connectivity index (χ1v) is 8.10. The third-order valence-electron chi connectivity index (χ3n) is 3.71. The Bertz CT molecular complexity index is 496. The molecule has 0 aliphatic carbocycles. The first-order chi connectivity index (χ1) is 10.7. The molecule has 6 heteroatoms. The lowest BCUT2D eigenvalue weighted by molar-refractivity contribution is 0.187. The SMILES string of the molecule is CCNC(=NCCCOc1ccccc1C)N1CC[C@@H](O)C1.I. The molecule has 1 atom stereocenters. The van der Waals surface area contributed by atoms with E-state index in [0.717, 1.165) is 49.7 Å². The average molecular weight is 433 g/mol. The van der Waals surface area contributed by atoms with Gasteiger partial charge in [-0.15, -0.1) is 24.0 Å². The van der Waals surface area contributed by atoms with Crippen LogP contribution in [0.25, 0.3) is 0 Å². The van der Waals surface area contributed by atoms with Crippen molar-refractivity contribution in [3.05, 3.63) is 29.8 Å². The van der Waals surface area contributed by atoms with E-state index in [9.17, 15) is 5.11 Å². The van der Waals surface area contributed by atoms with Crippen LogP contribution in [0.1, 0.15) is 25.3 Å². The molecule has 1 aromatic carbocycles. The monoisotopic (exact) mass is 433 g/mol. The number of aryl methyl sites for hydroxylation is 1. The fourth-order valence-electron chi connectivity index (χ4n) is 2.51. The van der Waals surface area contributed by atoms with E-state index < -0.39 is 0 Å². The van der Waals surface area contributed by atoms with Gasteiger partial charge in [-0.1, -0.05) is 18.2 Å². The molecule has 23 heavy (non-hydrogen) atoms. The molecule has 0 amide bonds. The van der Waals surface area contributed by atoms with Crippen LogP contribution in [0.5, 0.6) is 5.75 Å². The van der Waals surface area contributed by atoms with Crippen LogP contribution >= 0.6 is 24.0 Å². The first kappa shape index (κ1) is 20.0. The first-order valence-electron chi connectivity index (χ1n) is 8.10. The molecule has 0 spiro atoms. The second-order valence-corrected chi connectivity index (χ2v) is 5.59. The second-order valence-electron chi connectivity index (χ2n) is 5.59. The number of hydrogen-bond donors (Lipinski definition) is 2. The number of likely N-dealkylation sites (tertiary alicyclic amines) is 1. The van der Waals surface area contributed by atoms with Gasteiger partial charge in [-0.25, -0.2) is 0 Å². The summed E-state index contributed by atoms with van der Waals surface area (Å²) in [5, 5.41) is 12.9. The number of β-amino-alcohol motifs (C(OH)–C–C–N with tert-alkyl or cyclic N) is 1. The Labute approximate surface area is 156 Å². The molecule has 2 N–H and O–H groups in total. The summed E-state index contributed by atoms with van der Waals surface area (Å²) in [6, 6.07) is 8.05. The highest BCUT2D eigenvalue weighted by atomic mass is 127. The van der Waals surface area contributed by atoms with Crippen molar-refractivity contribution >= 4 is 29.9 Å². The highest BCUT2D eigenvalue weighted by molar-refractivity contribution is 14.0. The van der Waals surface area contributed by atoms with Crippen LogP contribution in [0.3, 0.4) is 0 Å². The van der Waals surface area contributed by atoms with Crippen molar-refractivity contribution < 1.29 is 9.84 Å². The molecule has 5 nitrogen and oxygen atoms in total. The fourth-order valence-corrected chi connectivity index (χ4v) is 2.51. The predicted molar refractivity (Wildman–Crippen MR) is 105 cm³/mol. The third kappa shape index (κ3) is 6.55. The number of benzene rings is 1. The maximum absolute atomic E-state index is 9.63. The van der Waals surface area contributed by atoms with Crippen LogP contribution in [0, 0.1) is 6.92 Å². The highest BCUT2D eigenvalue weighted by Gasteiger charge is 2.22. The molecule has 1 aliphatic heterocycles. The van der Waals surface area contributed by atoms with Gasteiger partial charge < -0.3 is 20.1 Å². The van der Waals surface area contributed by atoms with Gasteiger partial charge in [0.2, 0.25) is 0 Å². The standard InChI is InChI=1S/C17H27N3O2.HI/c1-3-18-17(20-11-9-15(21)13-20)19-10-6-12-22-16-8-5-4-7-14(16)2;/h4-5,7-8,15,21H,3,6,9-13H2,1-2H3,(H,18,19);1H/t15-;/m1./s1. The molecule has 0 radical (unpaired) electrons. The van der Waals surface area contributed by atoms with Crippen LogP contribution in [0.15, 0.2) is 29.3 Å². The molecule has 1 saturated heterocycles. The van der Waals surface area contributed by atoms with Crippen molar-refractivity contribution in [2.45, 2.75) is 32.8 Å². The topological polar surface area (TPSA) is 57.1 Å². The highest BCUT2D eigenvalue weighted by Crippen LogP contribution is 2.16. The van der Waals surface area contributed by atoms with Gasteiger partial charge in [0.05, 0.1) is 12.7 Å². The van der Waals surface area contributed by atoms with E-state index in [1.807, 2.05) is 18.2 Å². The van der Waals surface area contributed by atoms with E-state index in [4.69, 9.17) is 4.74 Å². The van der Waals surface area contributed by atoms with E-state index in [0.29, 0.717) is 13.2 Å². The Balaban J connectivity index is 0.00000264. The summed E-state index contributed by atoms with van der Waals surface area (Å²) in [7, 11) is 0. The van der Waals surface area contributed by atoms with Crippen molar-refractivity contribution in [3.8, 4) is 5.75 Å². The maximum Gasteiger partial charge on any atom is 0.194 e. The van der Waals surface area contributed by atoms with Crippen molar-refractivity contribution in [1.29, 1.82) is 0 Å². The van der Waals surface area contributed by atoms with Crippen LogP contribution in [0.2, 0.25) is 0 Å². The molecule has 1 aliphatic rings. The number of halogens is 1. The van der Waals surface area contributed by atoms with E-state index in [2.05, 4.69) is 35.1 Å². The number of nitrogens with zero attached hydrogens (tertiary/aromatic N) is 2. The summed E-state index contributed by atoms with van der Waals surface area (Å²) in [5.74, 6) is 1.84. The van der Waals surface area contributed by atoms with Crippen LogP contribution < -0.4 is 10.1 Å². The summed E-state index contributed by atoms with van der Waals surface area (Å²) in [5.41, 5.74) is 1.16. The van der Waals surface area contributed by atoms with E-state index >= 15 is 0 Å². The van der Waals surface area contributed by atoms with Gasteiger partial charge in [-0.05, 0) is 31.9 Å². The molecule has 2 rings (SSSR count). The largest absolute Gasteiger partial charge is 0.493 e. The average Bonchev–Trinajstić information content (AvgIpc) is 2.94.